The second-order valence-electron chi connectivity index (χ2n) is 2.93. The summed E-state index contributed by atoms with van der Waals surface area (Å²) in [5, 5.41) is 8.85. The number of carbonyl (C=O) groups is 1. The van der Waals surface area contributed by atoms with Crippen LogP contribution in [-0.2, 0) is 11.2 Å². The van der Waals surface area contributed by atoms with Gasteiger partial charge in [-0.1, -0.05) is 11.6 Å². The largest absolute Gasteiger partial charge is 0.481 e. The van der Waals surface area contributed by atoms with Gasteiger partial charge in [-0.2, -0.15) is 0 Å². The van der Waals surface area contributed by atoms with Gasteiger partial charge in [0.25, 0.3) is 0 Å². The van der Waals surface area contributed by atoms with Crippen LogP contribution in [0.5, 0.6) is 0 Å². The van der Waals surface area contributed by atoms with E-state index in [1.165, 1.54) is 6.33 Å². The van der Waals surface area contributed by atoms with Crippen LogP contribution in [0, 0.1) is 0 Å². The third-order valence-electron chi connectivity index (χ3n) is 1.62. The first-order valence-corrected chi connectivity index (χ1v) is 4.28. The Bertz CT molecular complexity index is 354. The molecule has 0 atom stereocenters. The lowest BCUT2D eigenvalue weighted by molar-refractivity contribution is -0.136. The van der Waals surface area contributed by atoms with Crippen LogP contribution in [0.2, 0.25) is 5.15 Å². The molecule has 5 nitrogen and oxygen atoms in total. The maximum Gasteiger partial charge on any atom is 0.308 e. The molecule has 76 valence electrons. The minimum Gasteiger partial charge on any atom is -0.481 e. The first kappa shape index (κ1) is 10.7. The number of halogens is 1. The number of rotatable bonds is 3. The molecule has 0 aliphatic heterocycles. The van der Waals surface area contributed by atoms with E-state index >= 15 is 0 Å². The Hall–Kier alpha value is -1.36. The Morgan fingerprint density at radius 1 is 1.57 bits per heavy atom. The van der Waals surface area contributed by atoms with Crippen LogP contribution in [0.4, 0.5) is 5.82 Å². The van der Waals surface area contributed by atoms with Gasteiger partial charge in [-0.25, -0.2) is 9.97 Å². The summed E-state index contributed by atoms with van der Waals surface area (Å²) in [6.45, 7) is 0. The third kappa shape index (κ3) is 2.32. The third-order valence-corrected chi connectivity index (χ3v) is 1.95. The molecule has 1 N–H and O–H groups in total. The Kier molecular flexibility index (Phi) is 3.24. The van der Waals surface area contributed by atoms with Crippen LogP contribution in [0.1, 0.15) is 5.56 Å². The summed E-state index contributed by atoms with van der Waals surface area (Å²) in [4.78, 5) is 20.0. The van der Waals surface area contributed by atoms with E-state index in [4.69, 9.17) is 16.7 Å². The zero-order chi connectivity index (χ0) is 10.7. The van der Waals surface area contributed by atoms with Gasteiger partial charge < -0.3 is 10.0 Å². The molecule has 1 aromatic heterocycles. The SMILES string of the molecule is CN(C)c1ncnc(Cl)c1CC(=O)O. The van der Waals surface area contributed by atoms with E-state index in [1.807, 2.05) is 0 Å². The zero-order valence-corrected chi connectivity index (χ0v) is 8.62. The highest BCUT2D eigenvalue weighted by molar-refractivity contribution is 6.30. The summed E-state index contributed by atoms with van der Waals surface area (Å²) in [5.41, 5.74) is 0.437. The summed E-state index contributed by atoms with van der Waals surface area (Å²) in [5.74, 6) is -0.419. The minimum atomic E-state index is -0.954. The lowest BCUT2D eigenvalue weighted by Crippen LogP contribution is -2.16. The smallest absolute Gasteiger partial charge is 0.308 e. The molecule has 0 spiro atoms. The highest BCUT2D eigenvalue weighted by atomic mass is 35.5. The van der Waals surface area contributed by atoms with Crippen molar-refractivity contribution in [3.05, 3.63) is 17.0 Å². The molecule has 1 heterocycles. The number of hydrogen-bond acceptors (Lipinski definition) is 4. The summed E-state index contributed by atoms with van der Waals surface area (Å²) in [6.07, 6.45) is 1.14. The average molecular weight is 216 g/mol. The molecular formula is C8H10ClN3O2. The molecule has 1 rings (SSSR count). The molecule has 1 aromatic rings. The van der Waals surface area contributed by atoms with Gasteiger partial charge in [-0.15, -0.1) is 0 Å². The van der Waals surface area contributed by atoms with Gasteiger partial charge in [0.05, 0.1) is 6.42 Å². The van der Waals surface area contributed by atoms with Gasteiger partial charge in [0, 0.05) is 19.7 Å². The van der Waals surface area contributed by atoms with E-state index < -0.39 is 5.97 Å². The first-order chi connectivity index (χ1) is 6.52. The van der Waals surface area contributed by atoms with Crippen LogP contribution in [0.15, 0.2) is 6.33 Å². The number of hydrogen-bond donors (Lipinski definition) is 1. The normalized spacial score (nSPS) is 9.93. The summed E-state index contributed by atoms with van der Waals surface area (Å²) < 4.78 is 0. The monoisotopic (exact) mass is 215 g/mol. The van der Waals surface area contributed by atoms with E-state index in [9.17, 15) is 4.79 Å². The molecule has 0 saturated heterocycles. The van der Waals surface area contributed by atoms with Crippen LogP contribution >= 0.6 is 11.6 Å². The number of aliphatic carboxylic acids is 1. The van der Waals surface area contributed by atoms with E-state index in [0.717, 1.165) is 0 Å². The zero-order valence-electron chi connectivity index (χ0n) is 7.86. The molecular weight excluding hydrogens is 206 g/mol. The van der Waals surface area contributed by atoms with Crippen molar-refractivity contribution in [2.24, 2.45) is 0 Å². The number of anilines is 1. The lowest BCUT2D eigenvalue weighted by atomic mass is 10.2. The topological polar surface area (TPSA) is 66.3 Å². The molecule has 0 unspecified atom stereocenters. The van der Waals surface area contributed by atoms with E-state index in [0.29, 0.717) is 11.4 Å². The highest BCUT2D eigenvalue weighted by Gasteiger charge is 2.14. The quantitative estimate of drug-likeness (QED) is 0.757. The van der Waals surface area contributed by atoms with E-state index in [1.54, 1.807) is 19.0 Å². The van der Waals surface area contributed by atoms with Crippen molar-refractivity contribution >= 4 is 23.4 Å². The number of nitrogens with zero attached hydrogens (tertiary/aromatic N) is 3. The molecule has 0 saturated carbocycles. The minimum absolute atomic E-state index is 0.173. The Balaban J connectivity index is 3.15. The predicted molar refractivity (Wildman–Crippen MR) is 52.7 cm³/mol. The first-order valence-electron chi connectivity index (χ1n) is 3.91. The van der Waals surface area contributed by atoms with Crippen molar-refractivity contribution in [1.29, 1.82) is 0 Å². The van der Waals surface area contributed by atoms with Crippen LogP contribution in [0.25, 0.3) is 0 Å². The van der Waals surface area contributed by atoms with Gasteiger partial charge in [0.1, 0.15) is 17.3 Å². The molecule has 0 radical (unpaired) electrons. The maximum absolute atomic E-state index is 10.6. The Morgan fingerprint density at radius 3 is 2.71 bits per heavy atom. The second-order valence-corrected chi connectivity index (χ2v) is 3.29. The molecule has 0 aliphatic carbocycles. The fraction of sp³-hybridized carbons (Fsp3) is 0.375. The highest BCUT2D eigenvalue weighted by Crippen LogP contribution is 2.21. The molecule has 0 bridgehead atoms. The molecule has 0 aliphatic rings. The van der Waals surface area contributed by atoms with Crippen molar-refractivity contribution in [1.82, 2.24) is 9.97 Å². The van der Waals surface area contributed by atoms with Crippen molar-refractivity contribution in [3.63, 3.8) is 0 Å². The van der Waals surface area contributed by atoms with Gasteiger partial charge in [0.15, 0.2) is 0 Å². The van der Waals surface area contributed by atoms with Crippen LogP contribution < -0.4 is 4.90 Å². The summed E-state index contributed by atoms with van der Waals surface area (Å²) in [6, 6.07) is 0. The average Bonchev–Trinajstić information content (AvgIpc) is 2.07. The van der Waals surface area contributed by atoms with Crippen molar-refractivity contribution in [3.8, 4) is 0 Å². The van der Waals surface area contributed by atoms with Gasteiger partial charge in [-0.3, -0.25) is 4.79 Å². The van der Waals surface area contributed by atoms with Gasteiger partial charge in [-0.05, 0) is 0 Å². The van der Waals surface area contributed by atoms with Crippen molar-refractivity contribution in [2.45, 2.75) is 6.42 Å². The molecule has 14 heavy (non-hydrogen) atoms. The standard InChI is InChI=1S/C8H10ClN3O2/c1-12(2)8-5(3-6(13)14)7(9)10-4-11-8/h4H,3H2,1-2H3,(H,13,14). The van der Waals surface area contributed by atoms with Crippen LogP contribution in [-0.4, -0.2) is 35.1 Å². The van der Waals surface area contributed by atoms with Gasteiger partial charge >= 0.3 is 5.97 Å². The van der Waals surface area contributed by atoms with E-state index in [2.05, 4.69) is 9.97 Å². The molecule has 0 amide bonds. The number of aromatic nitrogens is 2. The predicted octanol–water partition coefficient (Wildman–Crippen LogP) is 0.823. The fourth-order valence-electron chi connectivity index (χ4n) is 1.07. The van der Waals surface area contributed by atoms with E-state index in [-0.39, 0.29) is 11.6 Å². The van der Waals surface area contributed by atoms with Crippen LogP contribution in [0.3, 0.4) is 0 Å². The van der Waals surface area contributed by atoms with Crippen molar-refractivity contribution in [2.75, 3.05) is 19.0 Å². The maximum atomic E-state index is 10.6. The summed E-state index contributed by atoms with van der Waals surface area (Å²) in [7, 11) is 3.54. The molecule has 0 aromatic carbocycles. The molecule has 6 heteroatoms. The number of carboxylic acid groups (broad SMARTS) is 1. The summed E-state index contributed by atoms with van der Waals surface area (Å²) >= 11 is 5.78. The lowest BCUT2D eigenvalue weighted by Gasteiger charge is -2.15. The Labute approximate surface area is 86.3 Å². The van der Waals surface area contributed by atoms with Crippen molar-refractivity contribution < 1.29 is 9.90 Å². The Morgan fingerprint density at radius 2 is 2.21 bits per heavy atom. The number of carboxylic acids is 1. The van der Waals surface area contributed by atoms with Gasteiger partial charge in [0.2, 0.25) is 0 Å². The second kappa shape index (κ2) is 4.23. The fourth-order valence-corrected chi connectivity index (χ4v) is 1.27. The molecule has 0 fully saturated rings.